The molecule has 0 radical (unpaired) electrons. The molecule has 0 unspecified atom stereocenters. The Labute approximate surface area is 87.7 Å². The first-order chi connectivity index (χ1) is 6.56. The molecular weight excluding hydrogens is 202 g/mol. The summed E-state index contributed by atoms with van der Waals surface area (Å²) in [5, 5.41) is 0.324. The zero-order valence-electron chi connectivity index (χ0n) is 8.12. The Balaban J connectivity index is 3.06. The SMILES string of the molecule is CCN(C)C(=O)c1nc(N)ccc1Cl. The molecule has 1 rings (SSSR count). The van der Waals surface area contributed by atoms with Crippen LogP contribution in [-0.4, -0.2) is 29.4 Å². The summed E-state index contributed by atoms with van der Waals surface area (Å²) >= 11 is 5.83. The number of hydrogen-bond donors (Lipinski definition) is 1. The number of carbonyl (C=O) groups is 1. The smallest absolute Gasteiger partial charge is 0.273 e. The summed E-state index contributed by atoms with van der Waals surface area (Å²) in [7, 11) is 1.68. The van der Waals surface area contributed by atoms with Crippen molar-refractivity contribution in [3.63, 3.8) is 0 Å². The van der Waals surface area contributed by atoms with Crippen LogP contribution in [0.3, 0.4) is 0 Å². The normalized spacial score (nSPS) is 9.93. The molecule has 1 aromatic rings. The highest BCUT2D eigenvalue weighted by atomic mass is 35.5. The number of carbonyl (C=O) groups excluding carboxylic acids is 1. The lowest BCUT2D eigenvalue weighted by Gasteiger charge is -2.14. The molecule has 76 valence electrons. The van der Waals surface area contributed by atoms with Crippen LogP contribution < -0.4 is 5.73 Å². The molecular formula is C9H12ClN3O. The fourth-order valence-electron chi connectivity index (χ4n) is 0.932. The van der Waals surface area contributed by atoms with Crippen molar-refractivity contribution in [1.29, 1.82) is 0 Å². The Morgan fingerprint density at radius 2 is 2.29 bits per heavy atom. The molecule has 4 nitrogen and oxygen atoms in total. The lowest BCUT2D eigenvalue weighted by atomic mass is 10.3. The number of nitrogen functional groups attached to an aromatic ring is 1. The van der Waals surface area contributed by atoms with Gasteiger partial charge in [0.1, 0.15) is 11.5 Å². The number of nitrogens with zero attached hydrogens (tertiary/aromatic N) is 2. The van der Waals surface area contributed by atoms with E-state index < -0.39 is 0 Å². The summed E-state index contributed by atoms with van der Waals surface area (Å²) in [5.74, 6) is 0.0760. The average Bonchev–Trinajstić information content (AvgIpc) is 2.19. The van der Waals surface area contributed by atoms with E-state index in [2.05, 4.69) is 4.98 Å². The van der Waals surface area contributed by atoms with Crippen LogP contribution in [0.15, 0.2) is 12.1 Å². The first-order valence-electron chi connectivity index (χ1n) is 4.23. The maximum absolute atomic E-state index is 11.7. The van der Waals surface area contributed by atoms with Gasteiger partial charge in [-0.05, 0) is 19.1 Å². The highest BCUT2D eigenvalue weighted by Crippen LogP contribution is 2.16. The highest BCUT2D eigenvalue weighted by molar-refractivity contribution is 6.33. The van der Waals surface area contributed by atoms with Crippen molar-refractivity contribution < 1.29 is 4.79 Å². The van der Waals surface area contributed by atoms with Crippen LogP contribution in [0, 0.1) is 0 Å². The molecule has 0 atom stereocenters. The molecule has 0 spiro atoms. The van der Waals surface area contributed by atoms with Gasteiger partial charge in [-0.15, -0.1) is 0 Å². The third-order valence-corrected chi connectivity index (χ3v) is 2.20. The van der Waals surface area contributed by atoms with Crippen LogP contribution in [0.4, 0.5) is 5.82 Å². The van der Waals surface area contributed by atoms with Gasteiger partial charge in [-0.3, -0.25) is 4.79 Å². The van der Waals surface area contributed by atoms with Gasteiger partial charge in [0.15, 0.2) is 0 Å². The third-order valence-electron chi connectivity index (χ3n) is 1.89. The minimum atomic E-state index is -0.218. The molecule has 0 saturated carbocycles. The van der Waals surface area contributed by atoms with Gasteiger partial charge in [0, 0.05) is 13.6 Å². The lowest BCUT2D eigenvalue weighted by molar-refractivity contribution is 0.0797. The average molecular weight is 214 g/mol. The van der Waals surface area contributed by atoms with Crippen molar-refractivity contribution in [3.05, 3.63) is 22.8 Å². The number of hydrogen-bond acceptors (Lipinski definition) is 3. The zero-order chi connectivity index (χ0) is 10.7. The summed E-state index contributed by atoms with van der Waals surface area (Å²) in [6.45, 7) is 2.48. The molecule has 5 heteroatoms. The maximum atomic E-state index is 11.7. The van der Waals surface area contributed by atoms with Gasteiger partial charge in [0.05, 0.1) is 5.02 Å². The lowest BCUT2D eigenvalue weighted by Crippen LogP contribution is -2.27. The predicted molar refractivity (Wildman–Crippen MR) is 56.3 cm³/mol. The van der Waals surface area contributed by atoms with Crippen molar-refractivity contribution >= 4 is 23.3 Å². The van der Waals surface area contributed by atoms with Crippen LogP contribution in [-0.2, 0) is 0 Å². The summed E-state index contributed by atoms with van der Waals surface area (Å²) in [5.41, 5.74) is 5.67. The molecule has 2 N–H and O–H groups in total. The molecule has 0 aliphatic rings. The number of aromatic nitrogens is 1. The van der Waals surface area contributed by atoms with Gasteiger partial charge in [0.2, 0.25) is 0 Å². The Morgan fingerprint density at radius 3 is 2.86 bits per heavy atom. The molecule has 0 aliphatic carbocycles. The van der Waals surface area contributed by atoms with E-state index >= 15 is 0 Å². The number of anilines is 1. The highest BCUT2D eigenvalue weighted by Gasteiger charge is 2.15. The Bertz CT molecular complexity index is 354. The van der Waals surface area contributed by atoms with E-state index in [1.165, 1.54) is 4.90 Å². The number of amides is 1. The number of nitrogens with two attached hydrogens (primary N) is 1. The van der Waals surface area contributed by atoms with Crippen molar-refractivity contribution in [1.82, 2.24) is 9.88 Å². The second-order valence-corrected chi connectivity index (χ2v) is 3.29. The van der Waals surface area contributed by atoms with E-state index in [0.29, 0.717) is 17.4 Å². The maximum Gasteiger partial charge on any atom is 0.273 e. The molecule has 14 heavy (non-hydrogen) atoms. The fourth-order valence-corrected chi connectivity index (χ4v) is 1.12. The van der Waals surface area contributed by atoms with Crippen LogP contribution in [0.2, 0.25) is 5.02 Å². The third kappa shape index (κ3) is 2.14. The second kappa shape index (κ2) is 4.28. The van der Waals surface area contributed by atoms with Crippen LogP contribution in [0.25, 0.3) is 0 Å². The van der Waals surface area contributed by atoms with E-state index in [1.807, 2.05) is 6.92 Å². The molecule has 0 bridgehead atoms. The van der Waals surface area contributed by atoms with Gasteiger partial charge in [-0.1, -0.05) is 11.6 Å². The second-order valence-electron chi connectivity index (χ2n) is 2.89. The number of pyridine rings is 1. The fraction of sp³-hybridized carbons (Fsp3) is 0.333. The largest absolute Gasteiger partial charge is 0.384 e. The standard InChI is InChI=1S/C9H12ClN3O/c1-3-13(2)9(14)8-6(10)4-5-7(11)12-8/h4-5H,3H2,1-2H3,(H2,11,12). The van der Waals surface area contributed by atoms with Crippen molar-refractivity contribution in [2.45, 2.75) is 6.92 Å². The van der Waals surface area contributed by atoms with Crippen LogP contribution >= 0.6 is 11.6 Å². The first-order valence-corrected chi connectivity index (χ1v) is 4.61. The van der Waals surface area contributed by atoms with Crippen molar-refractivity contribution in [2.75, 3.05) is 19.3 Å². The molecule has 0 aliphatic heterocycles. The van der Waals surface area contributed by atoms with E-state index in [0.717, 1.165) is 0 Å². The monoisotopic (exact) mass is 213 g/mol. The van der Waals surface area contributed by atoms with Crippen molar-refractivity contribution in [2.24, 2.45) is 0 Å². The van der Waals surface area contributed by atoms with Crippen molar-refractivity contribution in [3.8, 4) is 0 Å². The van der Waals surface area contributed by atoms with Gasteiger partial charge in [0.25, 0.3) is 5.91 Å². The summed E-state index contributed by atoms with van der Waals surface area (Å²) in [4.78, 5) is 17.1. The summed E-state index contributed by atoms with van der Waals surface area (Å²) < 4.78 is 0. The number of halogens is 1. The van der Waals surface area contributed by atoms with E-state index in [4.69, 9.17) is 17.3 Å². The van der Waals surface area contributed by atoms with Gasteiger partial charge < -0.3 is 10.6 Å². The number of rotatable bonds is 2. The van der Waals surface area contributed by atoms with E-state index in [-0.39, 0.29) is 11.6 Å². The topological polar surface area (TPSA) is 59.2 Å². The minimum absolute atomic E-state index is 0.205. The minimum Gasteiger partial charge on any atom is -0.384 e. The molecule has 0 fully saturated rings. The predicted octanol–water partition coefficient (Wildman–Crippen LogP) is 1.41. The van der Waals surface area contributed by atoms with E-state index in [9.17, 15) is 4.79 Å². The summed E-state index contributed by atoms with van der Waals surface area (Å²) in [6, 6.07) is 3.13. The van der Waals surface area contributed by atoms with Crippen LogP contribution in [0.1, 0.15) is 17.4 Å². The van der Waals surface area contributed by atoms with Crippen LogP contribution in [0.5, 0.6) is 0 Å². The summed E-state index contributed by atoms with van der Waals surface area (Å²) in [6.07, 6.45) is 0. The van der Waals surface area contributed by atoms with Gasteiger partial charge in [-0.25, -0.2) is 4.98 Å². The molecule has 0 aromatic carbocycles. The van der Waals surface area contributed by atoms with E-state index in [1.54, 1.807) is 19.2 Å². The Hall–Kier alpha value is -1.29. The van der Waals surface area contributed by atoms with Gasteiger partial charge >= 0.3 is 0 Å². The van der Waals surface area contributed by atoms with Gasteiger partial charge in [-0.2, -0.15) is 0 Å². The molecule has 1 aromatic heterocycles. The molecule has 1 amide bonds. The Kier molecular flexibility index (Phi) is 3.30. The quantitative estimate of drug-likeness (QED) is 0.808. The zero-order valence-corrected chi connectivity index (χ0v) is 8.88. The first kappa shape index (κ1) is 10.8. The Morgan fingerprint density at radius 1 is 1.64 bits per heavy atom. The molecule has 0 saturated heterocycles. The molecule has 1 heterocycles.